The standard InChI is InChI=1S/C11H9ClN2O/c1-8-4-2-3-5-10(8)15-11-9(12)6-7-13-14-11/h2-7H,1H3. The summed E-state index contributed by atoms with van der Waals surface area (Å²) in [5.41, 5.74) is 1.03. The number of ether oxygens (including phenoxy) is 1. The summed E-state index contributed by atoms with van der Waals surface area (Å²) < 4.78 is 5.53. The molecule has 0 atom stereocenters. The first-order valence-electron chi connectivity index (χ1n) is 4.48. The number of nitrogens with zero attached hydrogens (tertiary/aromatic N) is 2. The Balaban J connectivity index is 2.30. The van der Waals surface area contributed by atoms with Crippen molar-refractivity contribution >= 4 is 11.6 Å². The van der Waals surface area contributed by atoms with Gasteiger partial charge in [0.2, 0.25) is 0 Å². The van der Waals surface area contributed by atoms with Crippen LogP contribution in [-0.4, -0.2) is 10.2 Å². The first kappa shape index (κ1) is 9.93. The summed E-state index contributed by atoms with van der Waals surface area (Å²) >= 11 is 5.90. The molecule has 0 aliphatic carbocycles. The van der Waals surface area contributed by atoms with Crippen LogP contribution in [0.2, 0.25) is 5.02 Å². The van der Waals surface area contributed by atoms with Gasteiger partial charge < -0.3 is 4.74 Å². The number of hydrogen-bond acceptors (Lipinski definition) is 3. The Morgan fingerprint density at radius 2 is 2.00 bits per heavy atom. The van der Waals surface area contributed by atoms with Crippen LogP contribution in [0.4, 0.5) is 0 Å². The lowest BCUT2D eigenvalue weighted by molar-refractivity contribution is 0.452. The normalized spacial score (nSPS) is 10.0. The quantitative estimate of drug-likeness (QED) is 0.780. The molecule has 0 fully saturated rings. The lowest BCUT2D eigenvalue weighted by Crippen LogP contribution is -1.92. The number of rotatable bonds is 2. The van der Waals surface area contributed by atoms with Crippen molar-refractivity contribution in [2.45, 2.75) is 6.92 Å². The molecule has 76 valence electrons. The van der Waals surface area contributed by atoms with E-state index >= 15 is 0 Å². The van der Waals surface area contributed by atoms with Crippen LogP contribution in [0.3, 0.4) is 0 Å². The van der Waals surface area contributed by atoms with Crippen molar-refractivity contribution in [2.75, 3.05) is 0 Å². The molecule has 0 bridgehead atoms. The van der Waals surface area contributed by atoms with E-state index in [1.54, 1.807) is 6.07 Å². The van der Waals surface area contributed by atoms with Crippen molar-refractivity contribution < 1.29 is 4.74 Å². The van der Waals surface area contributed by atoms with Crippen LogP contribution in [0.1, 0.15) is 5.56 Å². The van der Waals surface area contributed by atoms with Gasteiger partial charge in [0.15, 0.2) is 0 Å². The van der Waals surface area contributed by atoms with Gasteiger partial charge in [-0.2, -0.15) is 5.10 Å². The highest BCUT2D eigenvalue weighted by molar-refractivity contribution is 6.31. The van der Waals surface area contributed by atoms with E-state index in [1.165, 1.54) is 6.20 Å². The zero-order chi connectivity index (χ0) is 10.7. The summed E-state index contributed by atoms with van der Waals surface area (Å²) in [6.45, 7) is 1.96. The van der Waals surface area contributed by atoms with Crippen molar-refractivity contribution in [1.29, 1.82) is 0 Å². The maximum atomic E-state index is 5.90. The van der Waals surface area contributed by atoms with E-state index in [1.807, 2.05) is 31.2 Å². The SMILES string of the molecule is Cc1ccccc1Oc1nnccc1Cl. The predicted molar refractivity (Wildman–Crippen MR) is 58.3 cm³/mol. The van der Waals surface area contributed by atoms with Crippen LogP contribution in [0.5, 0.6) is 11.6 Å². The molecule has 0 radical (unpaired) electrons. The largest absolute Gasteiger partial charge is 0.436 e. The molecule has 3 nitrogen and oxygen atoms in total. The van der Waals surface area contributed by atoms with E-state index < -0.39 is 0 Å². The highest BCUT2D eigenvalue weighted by atomic mass is 35.5. The summed E-state index contributed by atoms with van der Waals surface area (Å²) in [7, 11) is 0. The lowest BCUT2D eigenvalue weighted by atomic mass is 10.2. The summed E-state index contributed by atoms with van der Waals surface area (Å²) in [6.07, 6.45) is 1.52. The van der Waals surface area contributed by atoms with Crippen LogP contribution < -0.4 is 4.74 Å². The Morgan fingerprint density at radius 3 is 2.73 bits per heavy atom. The van der Waals surface area contributed by atoms with Gasteiger partial charge in [0, 0.05) is 0 Å². The molecule has 15 heavy (non-hydrogen) atoms. The molecule has 2 rings (SSSR count). The van der Waals surface area contributed by atoms with E-state index in [2.05, 4.69) is 10.2 Å². The Hall–Kier alpha value is -1.61. The molecule has 1 heterocycles. The van der Waals surface area contributed by atoms with Crippen LogP contribution in [0, 0.1) is 6.92 Å². The number of hydrogen-bond donors (Lipinski definition) is 0. The van der Waals surface area contributed by atoms with Crippen molar-refractivity contribution in [3.05, 3.63) is 47.1 Å². The van der Waals surface area contributed by atoms with E-state index in [-0.39, 0.29) is 0 Å². The van der Waals surface area contributed by atoms with Crippen LogP contribution in [-0.2, 0) is 0 Å². The van der Waals surface area contributed by atoms with Crippen LogP contribution in [0.15, 0.2) is 36.5 Å². The smallest absolute Gasteiger partial charge is 0.257 e. The van der Waals surface area contributed by atoms with Gasteiger partial charge >= 0.3 is 0 Å². The highest BCUT2D eigenvalue weighted by Crippen LogP contribution is 2.27. The molecule has 0 aliphatic rings. The minimum Gasteiger partial charge on any atom is -0.436 e. The molecule has 0 amide bonds. The van der Waals surface area contributed by atoms with Crippen molar-refractivity contribution in [2.24, 2.45) is 0 Å². The Morgan fingerprint density at radius 1 is 1.20 bits per heavy atom. The van der Waals surface area contributed by atoms with Gasteiger partial charge in [0.05, 0.1) is 6.20 Å². The van der Waals surface area contributed by atoms with E-state index in [9.17, 15) is 0 Å². The summed E-state index contributed by atoms with van der Waals surface area (Å²) in [5.74, 6) is 1.06. The topological polar surface area (TPSA) is 35.0 Å². The average Bonchev–Trinajstić information content (AvgIpc) is 2.24. The van der Waals surface area contributed by atoms with Crippen LogP contribution in [0.25, 0.3) is 0 Å². The third kappa shape index (κ3) is 2.25. The molecule has 2 aromatic rings. The van der Waals surface area contributed by atoms with E-state index in [0.717, 1.165) is 11.3 Å². The predicted octanol–water partition coefficient (Wildman–Crippen LogP) is 3.23. The Labute approximate surface area is 92.7 Å². The third-order valence-electron chi connectivity index (χ3n) is 1.94. The molecule has 0 unspecified atom stereocenters. The van der Waals surface area contributed by atoms with Gasteiger partial charge in [-0.1, -0.05) is 29.8 Å². The lowest BCUT2D eigenvalue weighted by Gasteiger charge is -2.07. The van der Waals surface area contributed by atoms with Gasteiger partial charge in [-0.15, -0.1) is 5.10 Å². The maximum Gasteiger partial charge on any atom is 0.257 e. The third-order valence-corrected chi connectivity index (χ3v) is 2.23. The van der Waals surface area contributed by atoms with Gasteiger partial charge in [0.25, 0.3) is 5.88 Å². The number of para-hydroxylation sites is 1. The van der Waals surface area contributed by atoms with Crippen molar-refractivity contribution in [1.82, 2.24) is 10.2 Å². The molecule has 0 saturated heterocycles. The second-order valence-electron chi connectivity index (χ2n) is 3.05. The molecule has 1 aromatic heterocycles. The monoisotopic (exact) mass is 220 g/mol. The minimum atomic E-state index is 0.327. The van der Waals surface area contributed by atoms with Gasteiger partial charge in [-0.3, -0.25) is 0 Å². The molecule has 0 aliphatic heterocycles. The second-order valence-corrected chi connectivity index (χ2v) is 3.46. The minimum absolute atomic E-state index is 0.327. The highest BCUT2D eigenvalue weighted by Gasteiger charge is 2.05. The average molecular weight is 221 g/mol. The molecule has 0 spiro atoms. The fourth-order valence-corrected chi connectivity index (χ4v) is 1.28. The summed E-state index contributed by atoms with van der Waals surface area (Å²) in [4.78, 5) is 0. The Bertz CT molecular complexity index is 430. The van der Waals surface area contributed by atoms with Crippen molar-refractivity contribution in [3.63, 3.8) is 0 Å². The van der Waals surface area contributed by atoms with Gasteiger partial charge in [0.1, 0.15) is 10.8 Å². The first-order chi connectivity index (χ1) is 7.27. The zero-order valence-corrected chi connectivity index (χ0v) is 8.90. The summed E-state index contributed by atoms with van der Waals surface area (Å²) in [5, 5.41) is 7.97. The van der Waals surface area contributed by atoms with E-state index in [0.29, 0.717) is 10.9 Å². The van der Waals surface area contributed by atoms with Gasteiger partial charge in [-0.25, -0.2) is 0 Å². The number of benzene rings is 1. The maximum absolute atomic E-state index is 5.90. The van der Waals surface area contributed by atoms with Gasteiger partial charge in [-0.05, 0) is 24.6 Å². The van der Waals surface area contributed by atoms with Crippen LogP contribution >= 0.6 is 11.6 Å². The Kier molecular flexibility index (Phi) is 2.83. The summed E-state index contributed by atoms with van der Waals surface area (Å²) in [6, 6.07) is 9.30. The molecule has 0 saturated carbocycles. The molecule has 0 N–H and O–H groups in total. The second kappa shape index (κ2) is 4.28. The molecule has 1 aromatic carbocycles. The number of aromatic nitrogens is 2. The van der Waals surface area contributed by atoms with Crippen molar-refractivity contribution in [3.8, 4) is 11.6 Å². The fraction of sp³-hybridized carbons (Fsp3) is 0.0909. The zero-order valence-electron chi connectivity index (χ0n) is 8.14. The molecule has 4 heteroatoms. The number of aryl methyl sites for hydroxylation is 1. The van der Waals surface area contributed by atoms with E-state index in [4.69, 9.17) is 16.3 Å². The fourth-order valence-electron chi connectivity index (χ4n) is 1.15. The number of halogens is 1. The molecular formula is C11H9ClN2O. The first-order valence-corrected chi connectivity index (χ1v) is 4.86. The molecular weight excluding hydrogens is 212 g/mol.